The number of hydrogen-bond donors (Lipinski definition) is 0. The Hall–Kier alpha value is -1.96. The monoisotopic (exact) mass is 499 g/mol. The van der Waals surface area contributed by atoms with Crippen molar-refractivity contribution in [3.05, 3.63) is 41.5 Å². The fourth-order valence-corrected chi connectivity index (χ4v) is 6.43. The zero-order valence-electron chi connectivity index (χ0n) is 19.6. The maximum atomic E-state index is 14.1. The van der Waals surface area contributed by atoms with Gasteiger partial charge in [0.15, 0.2) is 0 Å². The third kappa shape index (κ3) is 5.27. The summed E-state index contributed by atoms with van der Waals surface area (Å²) in [6.45, 7) is 0.743. The van der Waals surface area contributed by atoms with E-state index in [4.69, 9.17) is 4.74 Å². The van der Waals surface area contributed by atoms with Gasteiger partial charge < -0.3 is 4.74 Å². The second kappa shape index (κ2) is 9.49. The largest absolute Gasteiger partial charge is 0.490 e. The van der Waals surface area contributed by atoms with Crippen LogP contribution in [-0.4, -0.2) is 29.3 Å². The van der Waals surface area contributed by atoms with Gasteiger partial charge in [0, 0.05) is 18.6 Å². The number of fused-ring (bicyclic) bond motifs is 3. The van der Waals surface area contributed by atoms with Crippen LogP contribution >= 0.6 is 0 Å². The van der Waals surface area contributed by atoms with Crippen LogP contribution in [0, 0.1) is 5.92 Å². The topological polar surface area (TPSA) is 12.5 Å². The minimum absolute atomic E-state index is 0.0709. The molecule has 3 aliphatic rings. The molecular weight excluding hydrogens is 468 g/mol. The van der Waals surface area contributed by atoms with Crippen LogP contribution in [0.4, 0.5) is 26.3 Å². The summed E-state index contributed by atoms with van der Waals surface area (Å²) in [7, 11) is 0. The molecule has 1 aliphatic carbocycles. The summed E-state index contributed by atoms with van der Waals surface area (Å²) in [4.78, 5) is 2.54. The Bertz CT molecular complexity index is 1020. The van der Waals surface area contributed by atoms with Crippen LogP contribution in [0.3, 0.4) is 0 Å². The molecule has 0 spiro atoms. The van der Waals surface area contributed by atoms with Gasteiger partial charge in [0.25, 0.3) is 0 Å². The number of halogens is 6. The number of piperidine rings is 2. The molecular formula is C27H31F6NO. The Balaban J connectivity index is 1.37. The summed E-state index contributed by atoms with van der Waals surface area (Å²) in [5.41, 5.74) is 0.165. The first-order valence-electron chi connectivity index (χ1n) is 12.7. The van der Waals surface area contributed by atoms with Crippen LogP contribution < -0.4 is 4.74 Å². The van der Waals surface area contributed by atoms with Gasteiger partial charge >= 0.3 is 12.4 Å². The number of alkyl halides is 6. The summed E-state index contributed by atoms with van der Waals surface area (Å²) >= 11 is 0. The van der Waals surface area contributed by atoms with Gasteiger partial charge in [-0.1, -0.05) is 31.0 Å². The summed E-state index contributed by atoms with van der Waals surface area (Å²) in [6.07, 6.45) is -2.35. The Morgan fingerprint density at radius 2 is 1.40 bits per heavy atom. The molecule has 2 aromatic carbocycles. The van der Waals surface area contributed by atoms with E-state index in [2.05, 4.69) is 4.90 Å². The highest BCUT2D eigenvalue weighted by atomic mass is 19.4. The quantitative estimate of drug-likeness (QED) is 0.393. The maximum absolute atomic E-state index is 14.1. The smallest absolute Gasteiger partial charge is 0.420 e. The lowest BCUT2D eigenvalue weighted by molar-refractivity contribution is -0.185. The van der Waals surface area contributed by atoms with Crippen LogP contribution in [0.15, 0.2) is 30.3 Å². The molecule has 0 atom stereocenters. The first-order valence-corrected chi connectivity index (χ1v) is 12.7. The van der Waals surface area contributed by atoms with E-state index in [0.29, 0.717) is 17.5 Å². The fraction of sp³-hybridized carbons (Fsp3) is 0.630. The van der Waals surface area contributed by atoms with Crippen molar-refractivity contribution in [2.24, 2.45) is 5.92 Å². The second-order valence-corrected chi connectivity index (χ2v) is 10.5. The van der Waals surface area contributed by atoms with Crippen LogP contribution in [0.1, 0.15) is 75.3 Å². The maximum Gasteiger partial charge on any atom is 0.420 e. The molecule has 2 aliphatic heterocycles. The highest BCUT2D eigenvalue weighted by Crippen LogP contribution is 2.44. The first kappa shape index (κ1) is 24.7. The van der Waals surface area contributed by atoms with Crippen molar-refractivity contribution in [1.29, 1.82) is 0 Å². The van der Waals surface area contributed by atoms with Crippen LogP contribution in [0.5, 0.6) is 5.75 Å². The van der Waals surface area contributed by atoms with Gasteiger partial charge in [0.1, 0.15) is 11.3 Å². The van der Waals surface area contributed by atoms with E-state index in [-0.39, 0.29) is 36.8 Å². The van der Waals surface area contributed by atoms with Gasteiger partial charge in [-0.15, -0.1) is 0 Å². The summed E-state index contributed by atoms with van der Waals surface area (Å²) in [5.74, 6) is -1.70. The van der Waals surface area contributed by atoms with Crippen molar-refractivity contribution in [3.63, 3.8) is 0 Å². The average Bonchev–Trinajstić information content (AvgIpc) is 2.78. The molecule has 5 rings (SSSR count). The third-order valence-electron chi connectivity index (χ3n) is 8.21. The van der Waals surface area contributed by atoms with E-state index in [1.807, 2.05) is 6.07 Å². The zero-order valence-corrected chi connectivity index (χ0v) is 19.6. The molecule has 0 radical (unpaired) electrons. The molecule has 0 unspecified atom stereocenters. The van der Waals surface area contributed by atoms with Gasteiger partial charge in [-0.05, 0) is 79.8 Å². The minimum atomic E-state index is -4.64. The highest BCUT2D eigenvalue weighted by molar-refractivity contribution is 5.89. The molecule has 3 fully saturated rings. The Morgan fingerprint density at radius 1 is 0.771 bits per heavy atom. The predicted octanol–water partition coefficient (Wildman–Crippen LogP) is 8.27. The molecule has 192 valence electrons. The van der Waals surface area contributed by atoms with Crippen molar-refractivity contribution in [2.45, 2.75) is 101 Å². The zero-order chi connectivity index (χ0) is 24.8. The summed E-state index contributed by atoms with van der Waals surface area (Å²) in [5, 5.41) is 0.576. The minimum Gasteiger partial charge on any atom is -0.490 e. The van der Waals surface area contributed by atoms with Gasteiger partial charge in [-0.3, -0.25) is 4.90 Å². The average molecular weight is 500 g/mol. The molecule has 0 aromatic heterocycles. The normalized spacial score (nSPS) is 28.3. The van der Waals surface area contributed by atoms with E-state index in [1.54, 1.807) is 12.1 Å². The lowest BCUT2D eigenvalue weighted by Gasteiger charge is -2.46. The molecule has 0 amide bonds. The van der Waals surface area contributed by atoms with Crippen molar-refractivity contribution in [2.75, 3.05) is 0 Å². The van der Waals surface area contributed by atoms with Crippen LogP contribution in [0.2, 0.25) is 0 Å². The Kier molecular flexibility index (Phi) is 6.70. The fourth-order valence-electron chi connectivity index (χ4n) is 6.43. The van der Waals surface area contributed by atoms with E-state index >= 15 is 0 Å². The number of hydrogen-bond acceptors (Lipinski definition) is 2. The number of ether oxygens (including phenoxy) is 1. The van der Waals surface area contributed by atoms with Crippen molar-refractivity contribution < 1.29 is 31.1 Å². The molecule has 2 bridgehead atoms. The molecule has 8 heteroatoms. The van der Waals surface area contributed by atoms with Gasteiger partial charge in [-0.2, -0.15) is 26.3 Å². The molecule has 1 saturated carbocycles. The molecule has 2 aromatic rings. The van der Waals surface area contributed by atoms with E-state index in [1.165, 1.54) is 50.7 Å². The van der Waals surface area contributed by atoms with Crippen LogP contribution in [0.25, 0.3) is 10.8 Å². The third-order valence-corrected chi connectivity index (χ3v) is 8.21. The van der Waals surface area contributed by atoms with Gasteiger partial charge in [-0.25, -0.2) is 0 Å². The number of rotatable bonds is 4. The van der Waals surface area contributed by atoms with Gasteiger partial charge in [0.05, 0.1) is 12.0 Å². The van der Waals surface area contributed by atoms with Crippen molar-refractivity contribution in [3.8, 4) is 5.75 Å². The molecule has 2 nitrogen and oxygen atoms in total. The summed E-state index contributed by atoms with van der Waals surface area (Å²) in [6, 6.07) is 9.25. The number of benzene rings is 2. The molecule has 0 N–H and O–H groups in total. The molecule has 35 heavy (non-hydrogen) atoms. The predicted molar refractivity (Wildman–Crippen MR) is 122 cm³/mol. The van der Waals surface area contributed by atoms with Crippen LogP contribution in [-0.2, 0) is 12.7 Å². The highest BCUT2D eigenvalue weighted by Gasteiger charge is 2.43. The van der Waals surface area contributed by atoms with Crippen molar-refractivity contribution >= 4 is 10.8 Å². The van der Waals surface area contributed by atoms with E-state index in [0.717, 1.165) is 12.1 Å². The Labute approximate surface area is 201 Å². The SMILES string of the molecule is FC(F)(F)c1c(OC2CCC(C(F)(F)F)CC2)ccc2cc(CN3C4CCCC3CCC4)ccc12. The molecule has 2 heterocycles. The van der Waals surface area contributed by atoms with E-state index in [9.17, 15) is 26.3 Å². The van der Waals surface area contributed by atoms with Crippen molar-refractivity contribution in [1.82, 2.24) is 4.90 Å². The summed E-state index contributed by atoms with van der Waals surface area (Å²) < 4.78 is 87.0. The lowest BCUT2D eigenvalue weighted by atomic mass is 9.84. The second-order valence-electron chi connectivity index (χ2n) is 10.5. The first-order chi connectivity index (χ1) is 16.6. The Morgan fingerprint density at radius 3 is 1.97 bits per heavy atom. The van der Waals surface area contributed by atoms with E-state index < -0.39 is 29.9 Å². The van der Waals surface area contributed by atoms with Gasteiger partial charge in [0.2, 0.25) is 0 Å². The molecule has 2 saturated heterocycles. The number of nitrogens with zero attached hydrogens (tertiary/aromatic N) is 1. The standard InChI is InChI=1S/C27H31F6NO/c28-26(29,30)19-9-11-22(12-10-19)35-24-14-8-18-15-17(7-13-23(18)25(24)27(31,32)33)16-34-20-3-1-4-21(34)6-2-5-20/h7-8,13-15,19-22H,1-6,9-12,16H2. The lowest BCUT2D eigenvalue weighted by Crippen LogP contribution is -2.48.